The first-order chi connectivity index (χ1) is 9.26. The number of nitrogens with one attached hydrogen (secondary N) is 1. The number of nitrogens with zero attached hydrogens (tertiary/aromatic N) is 3. The number of aromatic nitrogens is 2. The molecule has 0 bridgehead atoms. The molecule has 5 heteroatoms. The molecule has 5 nitrogen and oxygen atoms in total. The number of anilines is 1. The third kappa shape index (κ3) is 2.20. The minimum Gasteiger partial charge on any atom is -0.490 e. The minimum absolute atomic E-state index is 0.228. The standard InChI is InChI=1S/C14H12N4O/c1-9-6-11-7-10(2-3-13(11)19-9)12-4-5-16-14(18-12)17-8-15/h2-5,7,9H,6H2,1H3,(H,16,17,18)/t9-/m0/s1. The molecule has 0 aliphatic carbocycles. The topological polar surface area (TPSA) is 70.8 Å². The van der Waals surface area contributed by atoms with Crippen molar-refractivity contribution in [3.63, 3.8) is 0 Å². The van der Waals surface area contributed by atoms with E-state index >= 15 is 0 Å². The van der Waals surface area contributed by atoms with Crippen LogP contribution in [0.5, 0.6) is 5.75 Å². The number of hydrogen-bond donors (Lipinski definition) is 1. The van der Waals surface area contributed by atoms with E-state index in [0.717, 1.165) is 23.4 Å². The summed E-state index contributed by atoms with van der Waals surface area (Å²) < 4.78 is 5.67. The molecule has 0 spiro atoms. The summed E-state index contributed by atoms with van der Waals surface area (Å²) in [5, 5.41) is 11.0. The summed E-state index contributed by atoms with van der Waals surface area (Å²) in [6.45, 7) is 2.05. The van der Waals surface area contributed by atoms with Crippen LogP contribution < -0.4 is 10.1 Å². The van der Waals surface area contributed by atoms with Gasteiger partial charge >= 0.3 is 0 Å². The smallest absolute Gasteiger partial charge is 0.236 e. The van der Waals surface area contributed by atoms with Crippen LogP contribution >= 0.6 is 0 Å². The maximum atomic E-state index is 8.58. The van der Waals surface area contributed by atoms with Crippen LogP contribution in [0, 0.1) is 11.5 Å². The van der Waals surface area contributed by atoms with Gasteiger partial charge in [-0.1, -0.05) is 0 Å². The Bertz CT molecular complexity index is 663. The van der Waals surface area contributed by atoms with Gasteiger partial charge < -0.3 is 4.74 Å². The molecule has 1 aromatic carbocycles. The van der Waals surface area contributed by atoms with E-state index in [0.29, 0.717) is 5.95 Å². The summed E-state index contributed by atoms with van der Waals surface area (Å²) in [5.41, 5.74) is 2.98. The molecule has 0 fully saturated rings. The van der Waals surface area contributed by atoms with Gasteiger partial charge in [0.2, 0.25) is 5.95 Å². The van der Waals surface area contributed by atoms with Crippen LogP contribution in [0.3, 0.4) is 0 Å². The molecule has 3 rings (SSSR count). The predicted molar refractivity (Wildman–Crippen MR) is 70.5 cm³/mol. The molecule has 2 aromatic rings. The average Bonchev–Trinajstić information content (AvgIpc) is 2.78. The molecule has 0 amide bonds. The first-order valence-corrected chi connectivity index (χ1v) is 6.04. The Hall–Kier alpha value is -2.61. The highest BCUT2D eigenvalue weighted by Crippen LogP contribution is 2.32. The number of fused-ring (bicyclic) bond motifs is 1. The predicted octanol–water partition coefficient (Wildman–Crippen LogP) is 2.36. The Morgan fingerprint density at radius 2 is 2.32 bits per heavy atom. The van der Waals surface area contributed by atoms with Gasteiger partial charge in [0.15, 0.2) is 6.19 Å². The summed E-state index contributed by atoms with van der Waals surface area (Å²) in [7, 11) is 0. The fourth-order valence-electron chi connectivity index (χ4n) is 2.21. The van der Waals surface area contributed by atoms with Crippen molar-refractivity contribution >= 4 is 5.95 Å². The molecule has 1 aliphatic heterocycles. The maximum Gasteiger partial charge on any atom is 0.236 e. The van der Waals surface area contributed by atoms with Crippen LogP contribution in [0.15, 0.2) is 30.5 Å². The van der Waals surface area contributed by atoms with Crippen LogP contribution in [-0.2, 0) is 6.42 Å². The first-order valence-electron chi connectivity index (χ1n) is 6.04. The SMILES string of the molecule is C[C@H]1Cc2cc(-c3ccnc(NC#N)n3)ccc2O1. The van der Waals surface area contributed by atoms with Crippen molar-refractivity contribution in [2.75, 3.05) is 5.32 Å². The van der Waals surface area contributed by atoms with E-state index in [1.807, 2.05) is 24.4 Å². The Balaban J connectivity index is 1.97. The zero-order valence-corrected chi connectivity index (χ0v) is 10.4. The normalized spacial score (nSPS) is 16.3. The molecule has 94 valence electrons. The second-order valence-corrected chi connectivity index (χ2v) is 4.46. The second kappa shape index (κ2) is 4.58. The van der Waals surface area contributed by atoms with E-state index in [1.165, 1.54) is 5.56 Å². The molecule has 1 atom stereocenters. The van der Waals surface area contributed by atoms with Crippen LogP contribution in [0.2, 0.25) is 0 Å². The molecule has 1 aliphatic rings. The highest BCUT2D eigenvalue weighted by atomic mass is 16.5. The lowest BCUT2D eigenvalue weighted by Gasteiger charge is -2.05. The van der Waals surface area contributed by atoms with Gasteiger partial charge in [0, 0.05) is 18.2 Å². The molecular formula is C14H12N4O. The van der Waals surface area contributed by atoms with Crippen molar-refractivity contribution in [1.29, 1.82) is 5.26 Å². The van der Waals surface area contributed by atoms with Crippen molar-refractivity contribution in [2.45, 2.75) is 19.4 Å². The molecule has 0 radical (unpaired) electrons. The quantitative estimate of drug-likeness (QED) is 0.656. The van der Waals surface area contributed by atoms with Gasteiger partial charge in [0.05, 0.1) is 5.69 Å². The number of rotatable bonds is 2. The number of hydrogen-bond acceptors (Lipinski definition) is 5. The van der Waals surface area contributed by atoms with Crippen molar-refractivity contribution in [3.05, 3.63) is 36.0 Å². The van der Waals surface area contributed by atoms with E-state index in [-0.39, 0.29) is 6.10 Å². The van der Waals surface area contributed by atoms with Gasteiger partial charge in [-0.15, -0.1) is 0 Å². The van der Waals surface area contributed by atoms with E-state index in [4.69, 9.17) is 10.00 Å². The fourth-order valence-corrected chi connectivity index (χ4v) is 2.21. The molecule has 0 unspecified atom stereocenters. The van der Waals surface area contributed by atoms with Crippen molar-refractivity contribution in [1.82, 2.24) is 9.97 Å². The molecule has 1 aromatic heterocycles. The summed E-state index contributed by atoms with van der Waals surface area (Å²) in [5.74, 6) is 1.26. The maximum absolute atomic E-state index is 8.58. The second-order valence-electron chi connectivity index (χ2n) is 4.46. The van der Waals surface area contributed by atoms with Crippen LogP contribution in [0.4, 0.5) is 5.95 Å². The van der Waals surface area contributed by atoms with Crippen LogP contribution in [-0.4, -0.2) is 16.1 Å². The Morgan fingerprint density at radius 1 is 1.42 bits per heavy atom. The van der Waals surface area contributed by atoms with Gasteiger partial charge in [-0.05, 0) is 36.8 Å². The Kier molecular flexibility index (Phi) is 2.76. The van der Waals surface area contributed by atoms with Crippen molar-refractivity contribution in [2.24, 2.45) is 0 Å². The number of nitriles is 1. The van der Waals surface area contributed by atoms with Crippen molar-refractivity contribution < 1.29 is 4.74 Å². The molecule has 1 N–H and O–H groups in total. The fraction of sp³-hybridized carbons (Fsp3) is 0.214. The summed E-state index contributed by atoms with van der Waals surface area (Å²) in [6.07, 6.45) is 4.59. The monoisotopic (exact) mass is 252 g/mol. The van der Waals surface area contributed by atoms with Crippen molar-refractivity contribution in [3.8, 4) is 23.2 Å². The lowest BCUT2D eigenvalue weighted by molar-refractivity contribution is 0.254. The van der Waals surface area contributed by atoms with Gasteiger partial charge in [-0.25, -0.2) is 9.97 Å². The number of benzene rings is 1. The van der Waals surface area contributed by atoms with E-state index in [1.54, 1.807) is 6.20 Å². The molecule has 19 heavy (non-hydrogen) atoms. The van der Waals surface area contributed by atoms with Gasteiger partial charge in [-0.2, -0.15) is 5.26 Å². The number of ether oxygens (including phenoxy) is 1. The summed E-state index contributed by atoms with van der Waals surface area (Å²) in [6, 6.07) is 7.84. The largest absolute Gasteiger partial charge is 0.490 e. The highest BCUT2D eigenvalue weighted by Gasteiger charge is 2.19. The molecule has 0 saturated heterocycles. The molecule has 0 saturated carbocycles. The van der Waals surface area contributed by atoms with Crippen LogP contribution in [0.25, 0.3) is 11.3 Å². The third-order valence-corrected chi connectivity index (χ3v) is 3.02. The third-order valence-electron chi connectivity index (χ3n) is 3.02. The Labute approximate surface area is 110 Å². The van der Waals surface area contributed by atoms with Gasteiger partial charge in [-0.3, -0.25) is 5.32 Å². The van der Waals surface area contributed by atoms with Gasteiger partial charge in [0.25, 0.3) is 0 Å². The zero-order chi connectivity index (χ0) is 13.2. The first kappa shape index (κ1) is 11.5. The Morgan fingerprint density at radius 3 is 3.16 bits per heavy atom. The summed E-state index contributed by atoms with van der Waals surface area (Å²) in [4.78, 5) is 8.26. The van der Waals surface area contributed by atoms with Gasteiger partial charge in [0.1, 0.15) is 11.9 Å². The summed E-state index contributed by atoms with van der Waals surface area (Å²) >= 11 is 0. The zero-order valence-electron chi connectivity index (χ0n) is 10.4. The lowest BCUT2D eigenvalue weighted by atomic mass is 10.0. The lowest BCUT2D eigenvalue weighted by Crippen LogP contribution is -2.05. The van der Waals surface area contributed by atoms with E-state index < -0.39 is 0 Å². The van der Waals surface area contributed by atoms with E-state index in [9.17, 15) is 0 Å². The molecular weight excluding hydrogens is 240 g/mol. The van der Waals surface area contributed by atoms with E-state index in [2.05, 4.69) is 28.3 Å². The molecule has 2 heterocycles. The highest BCUT2D eigenvalue weighted by molar-refractivity contribution is 5.63. The average molecular weight is 252 g/mol. The minimum atomic E-state index is 0.228. The van der Waals surface area contributed by atoms with Crippen LogP contribution in [0.1, 0.15) is 12.5 Å².